The van der Waals surface area contributed by atoms with Crippen LogP contribution >= 0.6 is 23.2 Å². The van der Waals surface area contributed by atoms with Gasteiger partial charge in [0.2, 0.25) is 0 Å². The summed E-state index contributed by atoms with van der Waals surface area (Å²) in [6.07, 6.45) is 12.2. The van der Waals surface area contributed by atoms with Crippen LogP contribution in [0.1, 0.15) is 57.8 Å². The van der Waals surface area contributed by atoms with Crippen molar-refractivity contribution in [2.24, 2.45) is 23.7 Å². The number of nitrogens with one attached hydrogen (secondary N) is 1. The minimum Gasteiger partial charge on any atom is -0.317 e. The maximum absolute atomic E-state index is 6.47. The van der Waals surface area contributed by atoms with E-state index in [2.05, 4.69) is 12.4 Å². The zero-order valence-corrected chi connectivity index (χ0v) is 14.2. The molecule has 7 atom stereocenters. The van der Waals surface area contributed by atoms with E-state index in [1.807, 2.05) is 0 Å². The van der Waals surface area contributed by atoms with Crippen LogP contribution in [0.3, 0.4) is 0 Å². The van der Waals surface area contributed by atoms with Gasteiger partial charge in [0.15, 0.2) is 0 Å². The molecule has 5 unspecified atom stereocenters. The number of fused-ring (bicyclic) bond motifs is 1. The van der Waals surface area contributed by atoms with Crippen LogP contribution in [0.2, 0.25) is 0 Å². The van der Waals surface area contributed by atoms with Gasteiger partial charge in [0.05, 0.1) is 5.38 Å². The molecule has 3 fully saturated rings. The van der Waals surface area contributed by atoms with E-state index in [1.54, 1.807) is 0 Å². The van der Waals surface area contributed by atoms with Crippen molar-refractivity contribution in [3.8, 4) is 0 Å². The van der Waals surface area contributed by atoms with Gasteiger partial charge in [0.25, 0.3) is 0 Å². The molecule has 0 bridgehead atoms. The summed E-state index contributed by atoms with van der Waals surface area (Å²) in [5, 5.41) is 4.01. The van der Waals surface area contributed by atoms with E-state index in [-0.39, 0.29) is 10.8 Å². The molecule has 1 N–H and O–H groups in total. The van der Waals surface area contributed by atoms with Crippen LogP contribution in [0.5, 0.6) is 0 Å². The number of alkyl halides is 2. The largest absolute Gasteiger partial charge is 0.317 e. The quantitative estimate of drug-likeness (QED) is 0.721. The van der Waals surface area contributed by atoms with E-state index < -0.39 is 0 Å². The molecule has 3 heteroatoms. The first kappa shape index (κ1) is 15.4. The lowest BCUT2D eigenvalue weighted by molar-refractivity contribution is 0.0296. The Morgan fingerprint density at radius 1 is 0.750 bits per heavy atom. The molecule has 0 spiro atoms. The van der Waals surface area contributed by atoms with Crippen LogP contribution in [-0.2, 0) is 0 Å². The second-order valence-electron chi connectivity index (χ2n) is 7.35. The molecule has 3 rings (SSSR count). The Kier molecular flexibility index (Phi) is 5.21. The van der Waals surface area contributed by atoms with Crippen LogP contribution in [0.25, 0.3) is 0 Å². The van der Waals surface area contributed by atoms with Gasteiger partial charge in [-0.15, -0.1) is 23.2 Å². The molecular weight excluding hydrogens is 289 g/mol. The first-order valence-corrected chi connectivity index (χ1v) is 9.53. The molecule has 20 heavy (non-hydrogen) atoms. The van der Waals surface area contributed by atoms with Crippen LogP contribution in [0, 0.1) is 23.7 Å². The molecule has 3 saturated carbocycles. The van der Waals surface area contributed by atoms with Crippen LogP contribution in [-0.4, -0.2) is 23.8 Å². The van der Waals surface area contributed by atoms with Crippen molar-refractivity contribution in [3.63, 3.8) is 0 Å². The molecule has 0 amide bonds. The van der Waals surface area contributed by atoms with Gasteiger partial charge in [0.1, 0.15) is 0 Å². The highest BCUT2D eigenvalue weighted by atomic mass is 35.5. The van der Waals surface area contributed by atoms with Gasteiger partial charge in [-0.05, 0) is 75.7 Å². The van der Waals surface area contributed by atoms with Gasteiger partial charge in [0, 0.05) is 11.4 Å². The number of halogens is 2. The summed E-state index contributed by atoms with van der Waals surface area (Å²) < 4.78 is 0. The summed E-state index contributed by atoms with van der Waals surface area (Å²) in [5.41, 5.74) is 0. The summed E-state index contributed by atoms with van der Waals surface area (Å²) in [6, 6.07) is 0.771. The Morgan fingerprint density at radius 3 is 2.20 bits per heavy atom. The van der Waals surface area contributed by atoms with Crippen LogP contribution < -0.4 is 5.32 Å². The van der Waals surface area contributed by atoms with Gasteiger partial charge in [-0.1, -0.05) is 12.8 Å². The standard InChI is InChI=1S/C17H29Cl2N/c1-20-17-9-7-12(13-4-2-3-5-14(13)17)11-6-8-15(18)16(19)10-11/h11-17,20H,2-10H2,1H3/t11?,12-,13?,14?,15?,16?,17+/m0/s1. The van der Waals surface area contributed by atoms with E-state index >= 15 is 0 Å². The Labute approximate surface area is 134 Å². The third kappa shape index (κ3) is 3.01. The number of rotatable bonds is 2. The van der Waals surface area contributed by atoms with E-state index in [0.29, 0.717) is 0 Å². The minimum atomic E-state index is 0.208. The highest BCUT2D eigenvalue weighted by Gasteiger charge is 2.44. The summed E-state index contributed by atoms with van der Waals surface area (Å²) in [4.78, 5) is 0. The number of hydrogen-bond acceptors (Lipinski definition) is 1. The lowest BCUT2D eigenvalue weighted by atomic mass is 9.58. The smallest absolute Gasteiger partial charge is 0.0502 e. The molecule has 0 aromatic carbocycles. The van der Waals surface area contributed by atoms with Gasteiger partial charge < -0.3 is 5.32 Å². The molecule has 0 aromatic rings. The molecular formula is C17H29Cl2N. The molecule has 1 nitrogen and oxygen atoms in total. The molecule has 116 valence electrons. The minimum absolute atomic E-state index is 0.208. The van der Waals surface area contributed by atoms with Crippen LogP contribution in [0.15, 0.2) is 0 Å². The molecule has 0 aliphatic heterocycles. The molecule has 0 aromatic heterocycles. The maximum Gasteiger partial charge on any atom is 0.0502 e. The first-order chi connectivity index (χ1) is 9.70. The highest BCUT2D eigenvalue weighted by Crippen LogP contribution is 2.50. The van der Waals surface area contributed by atoms with Crippen LogP contribution in [0.4, 0.5) is 0 Å². The summed E-state index contributed by atoms with van der Waals surface area (Å²) in [6.45, 7) is 0. The monoisotopic (exact) mass is 317 g/mol. The lowest BCUT2D eigenvalue weighted by Crippen LogP contribution is -2.48. The summed E-state index contributed by atoms with van der Waals surface area (Å²) >= 11 is 12.8. The van der Waals surface area contributed by atoms with Crippen molar-refractivity contribution >= 4 is 23.2 Å². The predicted octanol–water partition coefficient (Wildman–Crippen LogP) is 4.81. The van der Waals surface area contributed by atoms with Gasteiger partial charge in [-0.2, -0.15) is 0 Å². The Hall–Kier alpha value is 0.540. The predicted molar refractivity (Wildman–Crippen MR) is 87.6 cm³/mol. The van der Waals surface area contributed by atoms with E-state index in [9.17, 15) is 0 Å². The van der Waals surface area contributed by atoms with Gasteiger partial charge in [-0.3, -0.25) is 0 Å². The van der Waals surface area contributed by atoms with Gasteiger partial charge >= 0.3 is 0 Å². The molecule has 3 aliphatic rings. The second-order valence-corrected chi connectivity index (χ2v) is 8.47. The van der Waals surface area contributed by atoms with Crippen molar-refractivity contribution in [1.82, 2.24) is 5.32 Å². The Balaban J connectivity index is 1.70. The molecule has 0 radical (unpaired) electrons. The third-order valence-electron chi connectivity index (χ3n) is 6.46. The average molecular weight is 318 g/mol. The van der Waals surface area contributed by atoms with E-state index in [0.717, 1.165) is 42.6 Å². The van der Waals surface area contributed by atoms with E-state index in [1.165, 1.54) is 44.9 Å². The topological polar surface area (TPSA) is 12.0 Å². The molecule has 0 heterocycles. The normalized spacial score (nSPS) is 49.6. The Bertz CT molecular complexity index is 322. The number of hydrogen-bond donors (Lipinski definition) is 1. The second kappa shape index (κ2) is 6.75. The summed E-state index contributed by atoms with van der Waals surface area (Å²) in [5.74, 6) is 3.65. The van der Waals surface area contributed by atoms with Crippen molar-refractivity contribution < 1.29 is 0 Å². The van der Waals surface area contributed by atoms with Crippen molar-refractivity contribution in [2.75, 3.05) is 7.05 Å². The fraction of sp³-hybridized carbons (Fsp3) is 1.00. The van der Waals surface area contributed by atoms with Crippen molar-refractivity contribution in [3.05, 3.63) is 0 Å². The Morgan fingerprint density at radius 2 is 1.50 bits per heavy atom. The zero-order chi connectivity index (χ0) is 14.1. The molecule has 0 saturated heterocycles. The van der Waals surface area contributed by atoms with Gasteiger partial charge in [-0.25, -0.2) is 0 Å². The highest BCUT2D eigenvalue weighted by molar-refractivity contribution is 6.30. The summed E-state index contributed by atoms with van der Waals surface area (Å²) in [7, 11) is 2.16. The fourth-order valence-corrected chi connectivity index (χ4v) is 6.04. The third-order valence-corrected chi connectivity index (χ3v) is 7.60. The molecule has 3 aliphatic carbocycles. The maximum atomic E-state index is 6.47. The van der Waals surface area contributed by atoms with Crippen molar-refractivity contribution in [2.45, 2.75) is 74.6 Å². The average Bonchev–Trinajstić information content (AvgIpc) is 2.49. The fourth-order valence-electron chi connectivity index (χ4n) is 5.46. The zero-order valence-electron chi connectivity index (χ0n) is 12.7. The van der Waals surface area contributed by atoms with E-state index in [4.69, 9.17) is 23.2 Å². The first-order valence-electron chi connectivity index (χ1n) is 8.66. The lowest BCUT2D eigenvalue weighted by Gasteiger charge is -2.50. The SMILES string of the molecule is CN[C@@H]1CC[C@@H](C2CCC(Cl)C(Cl)C2)C2CCCCC21. The van der Waals surface area contributed by atoms with Crippen molar-refractivity contribution in [1.29, 1.82) is 0 Å².